The summed E-state index contributed by atoms with van der Waals surface area (Å²) in [6.45, 7) is -0.576. The zero-order valence-electron chi connectivity index (χ0n) is 27.7. The molecule has 262 valence electrons. The quantitative estimate of drug-likeness (QED) is 0.260. The van der Waals surface area contributed by atoms with Crippen LogP contribution in [0.3, 0.4) is 0 Å². The lowest BCUT2D eigenvalue weighted by molar-refractivity contribution is -0.303. The van der Waals surface area contributed by atoms with E-state index in [1.165, 1.54) is 21.3 Å². The van der Waals surface area contributed by atoms with E-state index in [0.29, 0.717) is 31.6 Å². The molecule has 3 heterocycles. The molecule has 0 spiro atoms. The highest BCUT2D eigenvalue weighted by Crippen LogP contribution is 2.38. The maximum atomic E-state index is 13.9. The van der Waals surface area contributed by atoms with E-state index < -0.39 is 79.4 Å². The molecule has 47 heavy (non-hydrogen) atoms. The van der Waals surface area contributed by atoms with E-state index in [2.05, 4.69) is 10.3 Å². The number of rotatable bonds is 10. The van der Waals surface area contributed by atoms with Crippen LogP contribution in [0.4, 0.5) is 0 Å². The summed E-state index contributed by atoms with van der Waals surface area (Å²) >= 11 is 0. The van der Waals surface area contributed by atoms with Gasteiger partial charge < -0.3 is 43.6 Å². The maximum Gasteiger partial charge on any atom is 0.353 e. The molecule has 0 aromatic rings. The van der Waals surface area contributed by atoms with Gasteiger partial charge in [0, 0.05) is 39.5 Å². The van der Waals surface area contributed by atoms with Crippen LogP contribution in [0, 0.1) is 11.8 Å². The number of ether oxygens (including phenoxy) is 7. The van der Waals surface area contributed by atoms with Crippen molar-refractivity contribution in [2.45, 2.75) is 138 Å². The molecule has 3 aliphatic heterocycles. The summed E-state index contributed by atoms with van der Waals surface area (Å²) in [5.41, 5.74) is 2.34. The predicted molar refractivity (Wildman–Crippen MR) is 166 cm³/mol. The third-order valence-corrected chi connectivity index (χ3v) is 11.0. The highest BCUT2D eigenvalue weighted by molar-refractivity contribution is 6.38. The Morgan fingerprint density at radius 2 is 1.55 bits per heavy atom. The van der Waals surface area contributed by atoms with Gasteiger partial charge in [-0.2, -0.15) is 0 Å². The zero-order valence-corrected chi connectivity index (χ0v) is 27.7. The molecule has 6 aliphatic rings. The van der Waals surface area contributed by atoms with Crippen molar-refractivity contribution in [3.05, 3.63) is 11.3 Å². The van der Waals surface area contributed by atoms with Crippen LogP contribution < -0.4 is 5.32 Å². The second-order valence-corrected chi connectivity index (χ2v) is 13.7. The summed E-state index contributed by atoms with van der Waals surface area (Å²) in [7, 11) is 4.45. The molecule has 3 aliphatic carbocycles. The number of nitrogens with zero attached hydrogens (tertiary/aromatic N) is 1. The SMILES string of the molecule is COC1CCCC(OC)C1C(=O)O[C@H]1[C@H](OC(=O)C2CC3CCCCC3N2)[C@@H](OC(=O)C2=NC3=C(CCCC3)C2)[C@@H](OC)O[C@@H]1CO. The fourth-order valence-electron chi connectivity index (χ4n) is 8.49. The van der Waals surface area contributed by atoms with Crippen molar-refractivity contribution >= 4 is 23.6 Å². The van der Waals surface area contributed by atoms with Crippen LogP contribution >= 0.6 is 0 Å². The van der Waals surface area contributed by atoms with Crippen LogP contribution in [0.5, 0.6) is 0 Å². The Morgan fingerprint density at radius 1 is 0.830 bits per heavy atom. The van der Waals surface area contributed by atoms with Gasteiger partial charge in [-0.1, -0.05) is 12.8 Å². The van der Waals surface area contributed by atoms with Gasteiger partial charge in [-0.3, -0.25) is 9.59 Å². The second kappa shape index (κ2) is 15.4. The number of allylic oxidation sites excluding steroid dienone is 2. The molecule has 2 N–H and O–H groups in total. The van der Waals surface area contributed by atoms with Gasteiger partial charge in [-0.05, 0) is 75.7 Å². The molecule has 13 nitrogen and oxygen atoms in total. The van der Waals surface area contributed by atoms with Crippen molar-refractivity contribution in [3.63, 3.8) is 0 Å². The van der Waals surface area contributed by atoms with Gasteiger partial charge in [0.25, 0.3) is 0 Å². The Hall–Kier alpha value is -2.42. The van der Waals surface area contributed by atoms with Crippen molar-refractivity contribution in [1.82, 2.24) is 5.32 Å². The standard InChI is InChI=1S/C34H50N2O11/c1-41-24-13-8-14-25(42-2)27(24)33(40)45-28-26(17-37)44-34(43-3)30(47-32(39)23-16-19-10-5-7-12-21(19)36-23)29(28)46-31(38)22-15-18-9-4-6-11-20(18)35-22/h18,20,22,24-30,34-35,37H,4-17H2,1-3H3/t18?,20?,22?,24?,25?,26-,27?,28-,29+,30-,34+/m1/s1. The summed E-state index contributed by atoms with van der Waals surface area (Å²) in [6.07, 6.45) is 3.92. The van der Waals surface area contributed by atoms with E-state index in [0.717, 1.165) is 69.1 Å². The zero-order chi connectivity index (χ0) is 33.1. The van der Waals surface area contributed by atoms with Gasteiger partial charge in [-0.15, -0.1) is 0 Å². The number of hydrogen-bond acceptors (Lipinski definition) is 13. The molecule has 6 rings (SSSR count). The molecule has 2 saturated carbocycles. The normalized spacial score (nSPS) is 38.6. The van der Waals surface area contributed by atoms with Crippen molar-refractivity contribution in [2.24, 2.45) is 16.8 Å². The highest BCUT2D eigenvalue weighted by atomic mass is 16.7. The van der Waals surface area contributed by atoms with E-state index >= 15 is 0 Å². The molecule has 10 atom stereocenters. The number of aliphatic imine (C=N–C) groups is 1. The van der Waals surface area contributed by atoms with Crippen molar-refractivity contribution < 1.29 is 52.6 Å². The Kier molecular flexibility index (Phi) is 11.3. The number of fused-ring (bicyclic) bond motifs is 1. The number of aliphatic hydroxyl groups is 1. The molecule has 0 aromatic heterocycles. The second-order valence-electron chi connectivity index (χ2n) is 13.7. The average Bonchev–Trinajstić information content (AvgIpc) is 3.74. The summed E-state index contributed by atoms with van der Waals surface area (Å²) in [4.78, 5) is 46.0. The van der Waals surface area contributed by atoms with Gasteiger partial charge in [0.15, 0.2) is 24.6 Å². The summed E-state index contributed by atoms with van der Waals surface area (Å²) < 4.78 is 41.2. The lowest BCUT2D eigenvalue weighted by Crippen LogP contribution is -2.64. The molecule has 0 amide bonds. The fourth-order valence-corrected chi connectivity index (χ4v) is 8.49. The van der Waals surface area contributed by atoms with Crippen LogP contribution in [0.25, 0.3) is 0 Å². The highest BCUT2D eigenvalue weighted by Gasteiger charge is 2.55. The van der Waals surface area contributed by atoms with E-state index in [4.69, 9.17) is 33.2 Å². The van der Waals surface area contributed by atoms with Crippen LogP contribution in [-0.4, -0.2) is 112 Å². The molecule has 0 radical (unpaired) electrons. The van der Waals surface area contributed by atoms with Crippen molar-refractivity contribution in [3.8, 4) is 0 Å². The van der Waals surface area contributed by atoms with Gasteiger partial charge in [0.2, 0.25) is 0 Å². The number of methoxy groups -OCH3 is 3. The Bertz CT molecular complexity index is 1200. The minimum absolute atomic E-state index is 0.234. The first kappa shape index (κ1) is 34.4. The van der Waals surface area contributed by atoms with Crippen molar-refractivity contribution in [1.29, 1.82) is 0 Å². The molecular weight excluding hydrogens is 612 g/mol. The average molecular weight is 663 g/mol. The number of carbonyl (C=O) groups excluding carboxylic acids is 3. The predicted octanol–water partition coefficient (Wildman–Crippen LogP) is 2.51. The molecular formula is C34H50N2O11. The Balaban J connectivity index is 1.27. The number of esters is 3. The van der Waals surface area contributed by atoms with Crippen LogP contribution in [0.2, 0.25) is 0 Å². The van der Waals surface area contributed by atoms with E-state index in [1.807, 2.05) is 0 Å². The summed E-state index contributed by atoms with van der Waals surface area (Å²) in [5, 5.41) is 13.9. The maximum absolute atomic E-state index is 13.9. The fraction of sp³-hybridized carbons (Fsp3) is 0.824. The van der Waals surface area contributed by atoms with Gasteiger partial charge >= 0.3 is 17.9 Å². The first-order chi connectivity index (χ1) is 22.8. The topological polar surface area (TPSA) is 160 Å². The number of nitrogens with one attached hydrogen (secondary N) is 1. The minimum atomic E-state index is -1.34. The first-order valence-electron chi connectivity index (χ1n) is 17.4. The van der Waals surface area contributed by atoms with Gasteiger partial charge in [-0.25, -0.2) is 9.79 Å². The molecule has 0 bridgehead atoms. The molecule has 5 unspecified atom stereocenters. The lowest BCUT2D eigenvalue weighted by atomic mass is 9.83. The third-order valence-electron chi connectivity index (χ3n) is 11.0. The van der Waals surface area contributed by atoms with Crippen LogP contribution in [0.15, 0.2) is 16.3 Å². The largest absolute Gasteiger partial charge is 0.455 e. The Morgan fingerprint density at radius 3 is 2.23 bits per heavy atom. The number of carbonyl (C=O) groups is 3. The summed E-state index contributed by atoms with van der Waals surface area (Å²) in [5.74, 6) is -2.26. The summed E-state index contributed by atoms with van der Waals surface area (Å²) in [6, 6.07) is -0.339. The molecule has 0 aromatic carbocycles. The van der Waals surface area contributed by atoms with E-state index in [-0.39, 0.29) is 11.8 Å². The van der Waals surface area contributed by atoms with Crippen molar-refractivity contribution in [2.75, 3.05) is 27.9 Å². The smallest absolute Gasteiger partial charge is 0.353 e. The molecule has 4 fully saturated rings. The molecule has 13 heteroatoms. The molecule has 2 saturated heterocycles. The van der Waals surface area contributed by atoms with Crippen LogP contribution in [0.1, 0.15) is 83.5 Å². The number of hydrogen-bond donors (Lipinski definition) is 2. The van der Waals surface area contributed by atoms with Gasteiger partial charge in [0.05, 0.1) is 18.8 Å². The lowest BCUT2D eigenvalue weighted by Gasteiger charge is -2.45. The third kappa shape index (κ3) is 7.30. The van der Waals surface area contributed by atoms with Gasteiger partial charge in [0.1, 0.15) is 23.8 Å². The van der Waals surface area contributed by atoms with E-state index in [9.17, 15) is 19.5 Å². The number of aliphatic hydroxyl groups excluding tert-OH is 1. The van der Waals surface area contributed by atoms with E-state index in [1.54, 1.807) is 0 Å². The Labute approximate surface area is 276 Å². The van der Waals surface area contributed by atoms with Crippen LogP contribution in [-0.2, 0) is 47.5 Å². The first-order valence-corrected chi connectivity index (χ1v) is 17.4. The minimum Gasteiger partial charge on any atom is -0.455 e. The monoisotopic (exact) mass is 662 g/mol.